The molecule has 0 aromatic rings. The Hall–Kier alpha value is -0.0400. The summed E-state index contributed by atoms with van der Waals surface area (Å²) >= 11 is 0. The fourth-order valence-corrected chi connectivity index (χ4v) is 3.05. The molecule has 1 fully saturated rings. The van der Waals surface area contributed by atoms with Crippen LogP contribution in [0.25, 0.3) is 0 Å². The van der Waals surface area contributed by atoms with Crippen LogP contribution in [0.15, 0.2) is 0 Å². The maximum Gasteiger partial charge on any atom is 0.0125 e. The van der Waals surface area contributed by atoms with Gasteiger partial charge in [0.2, 0.25) is 0 Å². The highest BCUT2D eigenvalue weighted by Crippen LogP contribution is 2.20. The molecule has 1 nitrogen and oxygen atoms in total. The highest BCUT2D eigenvalue weighted by Gasteiger charge is 2.20. The van der Waals surface area contributed by atoms with E-state index in [9.17, 15) is 0 Å². The number of hydrogen-bond acceptors (Lipinski definition) is 1. The molecular formula is C17H35N. The number of hydrogen-bond donors (Lipinski definition) is 0. The van der Waals surface area contributed by atoms with E-state index in [-0.39, 0.29) is 0 Å². The summed E-state index contributed by atoms with van der Waals surface area (Å²) in [7, 11) is 0. The van der Waals surface area contributed by atoms with E-state index in [2.05, 4.69) is 32.6 Å². The van der Waals surface area contributed by atoms with Gasteiger partial charge in [0.25, 0.3) is 0 Å². The third-order valence-electron chi connectivity index (χ3n) is 4.45. The van der Waals surface area contributed by atoms with E-state index >= 15 is 0 Å². The molecule has 0 bridgehead atoms. The molecule has 0 spiro atoms. The summed E-state index contributed by atoms with van der Waals surface area (Å²) < 4.78 is 0. The van der Waals surface area contributed by atoms with Gasteiger partial charge in [-0.1, -0.05) is 51.9 Å². The molecule has 1 unspecified atom stereocenters. The van der Waals surface area contributed by atoms with Crippen molar-refractivity contribution in [1.82, 2.24) is 4.90 Å². The quantitative estimate of drug-likeness (QED) is 0.570. The topological polar surface area (TPSA) is 3.24 Å². The third kappa shape index (κ3) is 6.78. The molecule has 0 radical (unpaired) electrons. The van der Waals surface area contributed by atoms with Gasteiger partial charge in [-0.2, -0.15) is 0 Å². The summed E-state index contributed by atoms with van der Waals surface area (Å²) in [5.74, 6) is 0.962. The summed E-state index contributed by atoms with van der Waals surface area (Å²) in [4.78, 5) is 2.70. The monoisotopic (exact) mass is 253 g/mol. The van der Waals surface area contributed by atoms with Gasteiger partial charge >= 0.3 is 0 Å². The largest absolute Gasteiger partial charge is 0.298 e. The second kappa shape index (κ2) is 8.19. The van der Waals surface area contributed by atoms with Crippen molar-refractivity contribution in [3.05, 3.63) is 0 Å². The Morgan fingerprint density at radius 1 is 0.722 bits per heavy atom. The van der Waals surface area contributed by atoms with E-state index in [1.165, 1.54) is 70.9 Å². The molecule has 1 aliphatic heterocycles. The Morgan fingerprint density at radius 3 is 1.67 bits per heavy atom. The molecular weight excluding hydrogens is 218 g/mol. The van der Waals surface area contributed by atoms with Gasteiger partial charge in [0.05, 0.1) is 0 Å². The Labute approximate surface area is 115 Å². The molecule has 0 amide bonds. The first-order valence-electron chi connectivity index (χ1n) is 8.25. The lowest BCUT2D eigenvalue weighted by molar-refractivity contribution is 0.130. The molecule has 1 atom stereocenters. The van der Waals surface area contributed by atoms with Crippen molar-refractivity contribution in [2.75, 3.05) is 13.1 Å². The minimum atomic E-state index is 0.355. The Morgan fingerprint density at radius 2 is 1.17 bits per heavy atom. The van der Waals surface area contributed by atoms with Crippen LogP contribution in [0.3, 0.4) is 0 Å². The van der Waals surface area contributed by atoms with Crippen LogP contribution in [0.1, 0.15) is 85.5 Å². The highest BCUT2D eigenvalue weighted by molar-refractivity contribution is 4.76. The van der Waals surface area contributed by atoms with Crippen molar-refractivity contribution in [2.45, 2.75) is 91.0 Å². The zero-order chi connectivity index (χ0) is 13.4. The molecule has 1 aliphatic rings. The molecule has 1 rings (SSSR count). The van der Waals surface area contributed by atoms with Gasteiger partial charge in [-0.05, 0) is 52.6 Å². The first-order chi connectivity index (χ1) is 8.50. The predicted octanol–water partition coefficient (Wildman–Crippen LogP) is 5.25. The van der Waals surface area contributed by atoms with Crippen molar-refractivity contribution in [3.8, 4) is 0 Å². The molecule has 0 aromatic heterocycles. The van der Waals surface area contributed by atoms with E-state index in [0.717, 1.165) is 5.92 Å². The molecule has 1 heteroatoms. The van der Waals surface area contributed by atoms with Crippen LogP contribution in [0.5, 0.6) is 0 Å². The lowest BCUT2D eigenvalue weighted by Gasteiger charge is -2.35. The minimum Gasteiger partial charge on any atom is -0.298 e. The van der Waals surface area contributed by atoms with Crippen LogP contribution in [0, 0.1) is 5.92 Å². The molecule has 0 saturated carbocycles. The Bertz CT molecular complexity index is 204. The van der Waals surface area contributed by atoms with Gasteiger partial charge in [-0.3, -0.25) is 4.90 Å². The van der Waals surface area contributed by atoms with Gasteiger partial charge in [0, 0.05) is 5.54 Å². The van der Waals surface area contributed by atoms with Crippen LogP contribution >= 0.6 is 0 Å². The van der Waals surface area contributed by atoms with Crippen molar-refractivity contribution < 1.29 is 0 Å². The molecule has 108 valence electrons. The summed E-state index contributed by atoms with van der Waals surface area (Å²) in [6.07, 6.45) is 12.9. The summed E-state index contributed by atoms with van der Waals surface area (Å²) in [6.45, 7) is 12.2. The SMILES string of the molecule is CC1CCCCCCN(C(C)(C)C)CCCCC1. The third-order valence-corrected chi connectivity index (χ3v) is 4.45. The Kier molecular flexibility index (Phi) is 7.29. The van der Waals surface area contributed by atoms with E-state index in [4.69, 9.17) is 0 Å². The van der Waals surface area contributed by atoms with Crippen molar-refractivity contribution in [2.24, 2.45) is 5.92 Å². The summed E-state index contributed by atoms with van der Waals surface area (Å²) in [6, 6.07) is 0. The Balaban J connectivity index is 2.41. The zero-order valence-electron chi connectivity index (χ0n) is 13.3. The molecule has 0 aliphatic carbocycles. The fraction of sp³-hybridized carbons (Fsp3) is 1.00. The van der Waals surface area contributed by atoms with E-state index in [1.54, 1.807) is 0 Å². The van der Waals surface area contributed by atoms with Crippen LogP contribution in [-0.2, 0) is 0 Å². The second-order valence-corrected chi connectivity index (χ2v) is 7.32. The van der Waals surface area contributed by atoms with Crippen LogP contribution in [0.4, 0.5) is 0 Å². The maximum absolute atomic E-state index is 2.70. The summed E-state index contributed by atoms with van der Waals surface area (Å²) in [5.41, 5.74) is 0.355. The van der Waals surface area contributed by atoms with Gasteiger partial charge < -0.3 is 0 Å². The summed E-state index contributed by atoms with van der Waals surface area (Å²) in [5, 5.41) is 0. The van der Waals surface area contributed by atoms with Gasteiger partial charge in [-0.15, -0.1) is 0 Å². The van der Waals surface area contributed by atoms with Crippen molar-refractivity contribution in [1.29, 1.82) is 0 Å². The van der Waals surface area contributed by atoms with Gasteiger partial charge in [0.1, 0.15) is 0 Å². The highest BCUT2D eigenvalue weighted by atomic mass is 15.2. The van der Waals surface area contributed by atoms with Crippen LogP contribution in [0.2, 0.25) is 0 Å². The van der Waals surface area contributed by atoms with E-state index in [0.29, 0.717) is 5.54 Å². The molecule has 0 N–H and O–H groups in total. The molecule has 1 heterocycles. The van der Waals surface area contributed by atoms with E-state index in [1.807, 2.05) is 0 Å². The molecule has 1 saturated heterocycles. The molecule has 0 aromatic carbocycles. The van der Waals surface area contributed by atoms with Crippen molar-refractivity contribution >= 4 is 0 Å². The molecule has 18 heavy (non-hydrogen) atoms. The lowest BCUT2D eigenvalue weighted by Crippen LogP contribution is -2.42. The number of rotatable bonds is 0. The average Bonchev–Trinajstić information content (AvgIpc) is 2.29. The smallest absolute Gasteiger partial charge is 0.0125 e. The van der Waals surface area contributed by atoms with Crippen LogP contribution in [-0.4, -0.2) is 23.5 Å². The predicted molar refractivity (Wildman–Crippen MR) is 82.0 cm³/mol. The zero-order valence-corrected chi connectivity index (χ0v) is 13.3. The number of nitrogens with zero attached hydrogens (tertiary/aromatic N) is 1. The fourth-order valence-electron chi connectivity index (χ4n) is 3.05. The standard InChI is InChI=1S/C17H35N/c1-16-12-8-5-6-10-14-18(17(2,3)4)15-11-7-9-13-16/h16H,5-15H2,1-4H3. The van der Waals surface area contributed by atoms with Gasteiger partial charge in [0.15, 0.2) is 0 Å². The van der Waals surface area contributed by atoms with Crippen LogP contribution < -0.4 is 0 Å². The van der Waals surface area contributed by atoms with E-state index < -0.39 is 0 Å². The first-order valence-corrected chi connectivity index (χ1v) is 8.25. The normalized spacial score (nSPS) is 27.0. The second-order valence-electron chi connectivity index (χ2n) is 7.32. The lowest BCUT2D eigenvalue weighted by atomic mass is 9.97. The van der Waals surface area contributed by atoms with Crippen molar-refractivity contribution in [3.63, 3.8) is 0 Å². The van der Waals surface area contributed by atoms with Gasteiger partial charge in [-0.25, -0.2) is 0 Å². The maximum atomic E-state index is 2.70. The average molecular weight is 253 g/mol. The minimum absolute atomic E-state index is 0.355. The first kappa shape index (κ1) is 16.0.